The van der Waals surface area contributed by atoms with Gasteiger partial charge in [-0.1, -0.05) is 158 Å². The minimum Gasteiger partial charge on any atom is -0.398 e. The van der Waals surface area contributed by atoms with Crippen molar-refractivity contribution in [2.75, 3.05) is 5.73 Å². The van der Waals surface area contributed by atoms with Crippen LogP contribution < -0.4 is 16.3 Å². The van der Waals surface area contributed by atoms with Crippen molar-refractivity contribution in [1.82, 2.24) is 0 Å². The number of benzene rings is 4. The Bertz CT molecular complexity index is 1540. The number of hydrogen-bond acceptors (Lipinski definition) is 1. The van der Waals surface area contributed by atoms with E-state index in [2.05, 4.69) is 144 Å². The second-order valence-corrected chi connectivity index (χ2v) is 16.5. The van der Waals surface area contributed by atoms with Crippen LogP contribution in [0.15, 0.2) is 72.8 Å². The Morgan fingerprint density at radius 2 is 0.860 bits per heavy atom. The van der Waals surface area contributed by atoms with Crippen LogP contribution in [0.1, 0.15) is 129 Å². The lowest BCUT2D eigenvalue weighted by atomic mass is 9.64. The summed E-state index contributed by atoms with van der Waals surface area (Å²) in [7, 11) is 0.506. The first-order valence-corrected chi connectivity index (χ1v) is 17.1. The van der Waals surface area contributed by atoms with Gasteiger partial charge in [0.25, 0.3) is 0 Å². The lowest BCUT2D eigenvalue weighted by Crippen LogP contribution is -2.28. The molecule has 0 spiro atoms. The molecule has 0 heterocycles. The Morgan fingerprint density at radius 1 is 0.488 bits per heavy atom. The van der Waals surface area contributed by atoms with Crippen molar-refractivity contribution in [1.29, 1.82) is 0 Å². The van der Waals surface area contributed by atoms with Crippen LogP contribution in [0.2, 0.25) is 0 Å². The van der Waals surface area contributed by atoms with Gasteiger partial charge in [-0.2, -0.15) is 0 Å². The molecule has 43 heavy (non-hydrogen) atoms. The molecule has 2 heteroatoms. The van der Waals surface area contributed by atoms with Crippen molar-refractivity contribution in [2.24, 2.45) is 0 Å². The summed E-state index contributed by atoms with van der Waals surface area (Å²) < 4.78 is 0. The monoisotopic (exact) mass is 591 g/mol. The highest BCUT2D eigenvalue weighted by atomic mass is 31.1. The zero-order valence-electron chi connectivity index (χ0n) is 28.7. The Kier molecular flexibility index (Phi) is 9.68. The highest BCUT2D eigenvalue weighted by Crippen LogP contribution is 2.51. The molecule has 0 saturated heterocycles. The van der Waals surface area contributed by atoms with Gasteiger partial charge in [-0.05, 0) is 89.8 Å². The van der Waals surface area contributed by atoms with Gasteiger partial charge in [0.2, 0.25) is 0 Å². The third kappa shape index (κ3) is 6.63. The molecule has 4 aromatic carbocycles. The van der Waals surface area contributed by atoms with E-state index < -0.39 is 0 Å². The summed E-state index contributed by atoms with van der Waals surface area (Å²) >= 11 is 0. The summed E-state index contributed by atoms with van der Waals surface area (Å²) in [5.74, 6) is 1.22. The van der Waals surface area contributed by atoms with Gasteiger partial charge in [0.05, 0.1) is 0 Å². The van der Waals surface area contributed by atoms with E-state index >= 15 is 0 Å². The molecule has 0 amide bonds. The maximum absolute atomic E-state index is 6.50. The van der Waals surface area contributed by atoms with E-state index in [9.17, 15) is 0 Å². The predicted octanol–water partition coefficient (Wildman–Crippen LogP) is 11.2. The minimum absolute atomic E-state index is 0.0120. The molecule has 1 nitrogen and oxygen atoms in total. The Morgan fingerprint density at radius 3 is 1.28 bits per heavy atom. The molecule has 0 fully saturated rings. The van der Waals surface area contributed by atoms with Crippen LogP contribution in [0, 0.1) is 0 Å². The lowest BCUT2D eigenvalue weighted by molar-refractivity contribution is 0.531. The highest BCUT2D eigenvalue weighted by molar-refractivity contribution is 7.56. The molecule has 1 atom stereocenters. The van der Waals surface area contributed by atoms with Gasteiger partial charge >= 0.3 is 0 Å². The maximum Gasteiger partial charge on any atom is 0.0393 e. The standard InChI is InChI=1S/C41H54NP/c1-25(2)34-37(35(26(3)4)39(41(10,11)12)36(27(5)6)38(34)40(7,8)9)30-21-15-18-24-33(30)43-32-23-17-14-20-29(32)28-19-13-16-22-31(28)42/h13-27,43H,42H2,1-12H3. The largest absolute Gasteiger partial charge is 0.398 e. The summed E-state index contributed by atoms with van der Waals surface area (Å²) in [4.78, 5) is 0. The molecule has 0 aliphatic carbocycles. The van der Waals surface area contributed by atoms with Crippen molar-refractivity contribution in [2.45, 2.75) is 112 Å². The number of hydrogen-bond donors (Lipinski definition) is 1. The van der Waals surface area contributed by atoms with Gasteiger partial charge in [0.15, 0.2) is 0 Å². The average molecular weight is 592 g/mol. The predicted molar refractivity (Wildman–Crippen MR) is 195 cm³/mol. The van der Waals surface area contributed by atoms with Crippen LogP contribution in [0.25, 0.3) is 22.3 Å². The molecule has 2 N–H and O–H groups in total. The summed E-state index contributed by atoms with van der Waals surface area (Å²) in [6.07, 6.45) is 0. The SMILES string of the molecule is CC(C)c1c(-c2ccccc2Pc2ccccc2-c2ccccc2N)c(C(C)C)c(C(C)(C)C)c(C(C)C)c1C(C)(C)C. The Hall–Kier alpha value is -2.89. The number of nitrogen functional groups attached to an aromatic ring is 1. The fourth-order valence-corrected chi connectivity index (χ4v) is 8.32. The second-order valence-electron chi connectivity index (χ2n) is 15.1. The molecular weight excluding hydrogens is 537 g/mol. The van der Waals surface area contributed by atoms with Crippen LogP contribution in [0.3, 0.4) is 0 Å². The molecule has 0 aliphatic rings. The van der Waals surface area contributed by atoms with E-state index in [1.54, 1.807) is 16.7 Å². The van der Waals surface area contributed by atoms with E-state index in [4.69, 9.17) is 5.73 Å². The quantitative estimate of drug-likeness (QED) is 0.168. The van der Waals surface area contributed by atoms with E-state index in [-0.39, 0.29) is 10.8 Å². The highest BCUT2D eigenvalue weighted by Gasteiger charge is 2.36. The van der Waals surface area contributed by atoms with E-state index in [0.717, 1.165) is 11.3 Å². The normalized spacial score (nSPS) is 12.8. The average Bonchev–Trinajstić information content (AvgIpc) is 2.91. The number of rotatable bonds is 7. The summed E-state index contributed by atoms with van der Waals surface area (Å²) in [5, 5.41) is 2.72. The van der Waals surface area contributed by atoms with Crippen LogP contribution in [-0.2, 0) is 10.8 Å². The first-order chi connectivity index (χ1) is 20.1. The molecule has 0 aromatic heterocycles. The molecule has 0 aliphatic heterocycles. The second kappa shape index (κ2) is 12.6. The van der Waals surface area contributed by atoms with Gasteiger partial charge in [-0.15, -0.1) is 0 Å². The first kappa shape index (κ1) is 33.0. The molecular formula is C41H54NP. The van der Waals surface area contributed by atoms with Crippen LogP contribution in [0.5, 0.6) is 0 Å². The zero-order chi connectivity index (χ0) is 31.9. The van der Waals surface area contributed by atoms with Crippen molar-refractivity contribution >= 4 is 24.9 Å². The Balaban J connectivity index is 2.15. The van der Waals surface area contributed by atoms with E-state index in [0.29, 0.717) is 26.3 Å². The molecule has 0 saturated carbocycles. The summed E-state index contributed by atoms with van der Waals surface area (Å²) in [5.41, 5.74) is 20.3. The lowest BCUT2D eigenvalue weighted by Gasteiger charge is -2.40. The fourth-order valence-electron chi connectivity index (χ4n) is 6.97. The number of nitrogens with two attached hydrogens (primary N) is 1. The molecule has 228 valence electrons. The number of anilines is 1. The topological polar surface area (TPSA) is 26.0 Å². The molecule has 1 unspecified atom stereocenters. The first-order valence-electron chi connectivity index (χ1n) is 16.1. The molecule has 4 aromatic rings. The van der Waals surface area contributed by atoms with Gasteiger partial charge in [0.1, 0.15) is 0 Å². The van der Waals surface area contributed by atoms with Crippen molar-refractivity contribution < 1.29 is 0 Å². The summed E-state index contributed by atoms with van der Waals surface area (Å²) in [6.45, 7) is 28.9. The maximum atomic E-state index is 6.50. The van der Waals surface area contributed by atoms with Crippen molar-refractivity contribution in [3.8, 4) is 22.3 Å². The Labute approximate surface area is 264 Å². The van der Waals surface area contributed by atoms with Gasteiger partial charge in [0, 0.05) is 11.3 Å². The smallest absolute Gasteiger partial charge is 0.0393 e. The minimum atomic E-state index is 0.0120. The van der Waals surface area contributed by atoms with Crippen LogP contribution >= 0.6 is 8.58 Å². The van der Waals surface area contributed by atoms with Crippen LogP contribution in [0.4, 0.5) is 5.69 Å². The van der Waals surface area contributed by atoms with Gasteiger partial charge in [-0.3, -0.25) is 0 Å². The summed E-state index contributed by atoms with van der Waals surface area (Å²) in [6, 6.07) is 26.3. The van der Waals surface area contributed by atoms with Gasteiger partial charge in [-0.25, -0.2) is 0 Å². The fraction of sp³-hybridized carbons (Fsp3) is 0.415. The van der Waals surface area contributed by atoms with Crippen molar-refractivity contribution in [3.63, 3.8) is 0 Å². The third-order valence-electron chi connectivity index (χ3n) is 8.49. The van der Waals surface area contributed by atoms with E-state index in [1.807, 2.05) is 12.1 Å². The molecule has 0 radical (unpaired) electrons. The molecule has 4 rings (SSSR count). The number of para-hydroxylation sites is 1. The zero-order valence-corrected chi connectivity index (χ0v) is 29.7. The third-order valence-corrected chi connectivity index (χ3v) is 9.90. The van der Waals surface area contributed by atoms with Crippen molar-refractivity contribution in [3.05, 3.63) is 101 Å². The van der Waals surface area contributed by atoms with Gasteiger partial charge < -0.3 is 5.73 Å². The molecule has 0 bridgehead atoms. The van der Waals surface area contributed by atoms with E-state index in [1.165, 1.54) is 38.4 Å². The van der Waals surface area contributed by atoms with Crippen LogP contribution in [-0.4, -0.2) is 0 Å².